The van der Waals surface area contributed by atoms with Crippen LogP contribution in [0.1, 0.15) is 18.4 Å². The van der Waals surface area contributed by atoms with Crippen LogP contribution in [0.25, 0.3) is 0 Å². The number of nitrogens with zero attached hydrogens (tertiary/aromatic N) is 1. The van der Waals surface area contributed by atoms with E-state index in [4.69, 9.17) is 0 Å². The van der Waals surface area contributed by atoms with Crippen molar-refractivity contribution in [3.63, 3.8) is 0 Å². The molecule has 1 saturated heterocycles. The SMILES string of the molecule is CN1C(=O)C[C@@]2(CC(=O)NC2=O)c2ccccc21. The highest BCUT2D eigenvalue weighted by Gasteiger charge is 2.53. The number of para-hydroxylation sites is 1. The molecule has 0 aliphatic carbocycles. The van der Waals surface area contributed by atoms with E-state index in [1.54, 1.807) is 13.1 Å². The highest BCUT2D eigenvalue weighted by molar-refractivity contribution is 6.14. The lowest BCUT2D eigenvalue weighted by Crippen LogP contribution is -2.46. The van der Waals surface area contributed by atoms with Crippen molar-refractivity contribution in [2.24, 2.45) is 0 Å². The second-order valence-corrected chi connectivity index (χ2v) is 4.78. The van der Waals surface area contributed by atoms with Gasteiger partial charge in [-0.2, -0.15) is 0 Å². The Bertz CT molecular complexity index is 581. The lowest BCUT2D eigenvalue weighted by Gasteiger charge is -2.36. The monoisotopic (exact) mass is 244 g/mol. The van der Waals surface area contributed by atoms with E-state index >= 15 is 0 Å². The van der Waals surface area contributed by atoms with Gasteiger partial charge in [-0.25, -0.2) is 0 Å². The molecule has 2 aliphatic heterocycles. The maximum Gasteiger partial charge on any atom is 0.238 e. The average Bonchev–Trinajstić information content (AvgIpc) is 2.62. The Hall–Kier alpha value is -2.17. The number of fused-ring (bicyclic) bond motifs is 2. The van der Waals surface area contributed by atoms with Gasteiger partial charge >= 0.3 is 0 Å². The second kappa shape index (κ2) is 3.41. The predicted molar refractivity (Wildman–Crippen MR) is 63.9 cm³/mol. The summed E-state index contributed by atoms with van der Waals surface area (Å²) in [6.07, 6.45) is 0.112. The number of benzene rings is 1. The van der Waals surface area contributed by atoms with Crippen LogP contribution < -0.4 is 10.2 Å². The number of imide groups is 1. The van der Waals surface area contributed by atoms with Crippen LogP contribution in [0.2, 0.25) is 0 Å². The summed E-state index contributed by atoms with van der Waals surface area (Å²) >= 11 is 0. The van der Waals surface area contributed by atoms with Crippen molar-refractivity contribution in [3.8, 4) is 0 Å². The standard InChI is InChI=1S/C13H12N2O3/c1-15-9-5-3-2-4-8(9)13(7-11(15)17)6-10(16)14-12(13)18/h2-5H,6-7H2,1H3,(H,14,16,18)/t13-/m0/s1. The highest BCUT2D eigenvalue weighted by atomic mass is 16.2. The molecule has 0 unspecified atom stereocenters. The van der Waals surface area contributed by atoms with Gasteiger partial charge in [-0.1, -0.05) is 18.2 Å². The summed E-state index contributed by atoms with van der Waals surface area (Å²) in [4.78, 5) is 37.1. The number of anilines is 1. The zero-order chi connectivity index (χ0) is 12.9. The minimum atomic E-state index is -1.00. The molecule has 0 bridgehead atoms. The first-order valence-electron chi connectivity index (χ1n) is 5.75. The highest BCUT2D eigenvalue weighted by Crippen LogP contribution is 2.44. The number of hydrogen-bond donors (Lipinski definition) is 1. The fourth-order valence-corrected chi connectivity index (χ4v) is 2.78. The largest absolute Gasteiger partial charge is 0.315 e. The van der Waals surface area contributed by atoms with E-state index in [0.29, 0.717) is 5.69 Å². The topological polar surface area (TPSA) is 66.5 Å². The van der Waals surface area contributed by atoms with Gasteiger partial charge in [-0.15, -0.1) is 0 Å². The summed E-state index contributed by atoms with van der Waals surface area (Å²) in [6.45, 7) is 0. The fourth-order valence-electron chi connectivity index (χ4n) is 2.78. The first kappa shape index (κ1) is 11.0. The smallest absolute Gasteiger partial charge is 0.238 e. The molecule has 1 atom stereocenters. The maximum atomic E-state index is 12.1. The van der Waals surface area contributed by atoms with E-state index in [-0.39, 0.29) is 30.6 Å². The average molecular weight is 244 g/mol. The third-order valence-electron chi connectivity index (χ3n) is 3.76. The van der Waals surface area contributed by atoms with Crippen molar-refractivity contribution in [3.05, 3.63) is 29.8 Å². The minimum Gasteiger partial charge on any atom is -0.315 e. The zero-order valence-corrected chi connectivity index (χ0v) is 9.90. The molecule has 1 spiro atoms. The van der Waals surface area contributed by atoms with Crippen molar-refractivity contribution in [1.82, 2.24) is 5.32 Å². The van der Waals surface area contributed by atoms with Crippen molar-refractivity contribution >= 4 is 23.4 Å². The van der Waals surface area contributed by atoms with Gasteiger partial charge in [0.2, 0.25) is 17.7 Å². The lowest BCUT2D eigenvalue weighted by atomic mass is 9.72. The summed E-state index contributed by atoms with van der Waals surface area (Å²) in [5, 5.41) is 2.30. The molecule has 3 rings (SSSR count). The van der Waals surface area contributed by atoms with Gasteiger partial charge in [-0.3, -0.25) is 19.7 Å². The Morgan fingerprint density at radius 3 is 2.56 bits per heavy atom. The van der Waals surface area contributed by atoms with E-state index in [0.717, 1.165) is 5.56 Å². The van der Waals surface area contributed by atoms with Crippen molar-refractivity contribution in [2.75, 3.05) is 11.9 Å². The second-order valence-electron chi connectivity index (χ2n) is 4.78. The summed E-state index contributed by atoms with van der Waals surface area (Å²) < 4.78 is 0. The van der Waals surface area contributed by atoms with Gasteiger partial charge in [0, 0.05) is 25.6 Å². The van der Waals surface area contributed by atoms with Gasteiger partial charge in [0.15, 0.2) is 0 Å². The number of carbonyl (C=O) groups is 3. The number of rotatable bonds is 0. The van der Waals surface area contributed by atoms with E-state index in [1.807, 2.05) is 18.2 Å². The molecule has 0 radical (unpaired) electrons. The van der Waals surface area contributed by atoms with Crippen LogP contribution >= 0.6 is 0 Å². The lowest BCUT2D eigenvalue weighted by molar-refractivity contribution is -0.130. The van der Waals surface area contributed by atoms with Gasteiger partial charge in [0.1, 0.15) is 0 Å². The molecule has 3 amide bonds. The Kier molecular flexibility index (Phi) is 2.08. The third-order valence-corrected chi connectivity index (χ3v) is 3.76. The molecule has 0 aromatic heterocycles. The Labute approximate surface area is 104 Å². The Balaban J connectivity index is 2.24. The predicted octanol–water partition coefficient (Wildman–Crippen LogP) is 0.337. The fraction of sp³-hybridized carbons (Fsp3) is 0.308. The van der Waals surface area contributed by atoms with Gasteiger partial charge in [-0.05, 0) is 11.6 Å². The van der Waals surface area contributed by atoms with Crippen molar-refractivity contribution in [1.29, 1.82) is 0 Å². The van der Waals surface area contributed by atoms with Crippen molar-refractivity contribution in [2.45, 2.75) is 18.3 Å². The van der Waals surface area contributed by atoms with Crippen LogP contribution in [0.3, 0.4) is 0 Å². The van der Waals surface area contributed by atoms with Crippen LogP contribution in [-0.2, 0) is 19.8 Å². The molecule has 2 heterocycles. The molecular formula is C13H12N2O3. The Morgan fingerprint density at radius 2 is 1.89 bits per heavy atom. The summed E-state index contributed by atoms with van der Waals surface area (Å²) in [6, 6.07) is 7.25. The molecular weight excluding hydrogens is 232 g/mol. The van der Waals surface area contributed by atoms with Crippen LogP contribution in [0.4, 0.5) is 5.69 Å². The van der Waals surface area contributed by atoms with Crippen molar-refractivity contribution < 1.29 is 14.4 Å². The zero-order valence-electron chi connectivity index (χ0n) is 9.90. The molecule has 1 aromatic carbocycles. The molecule has 2 aliphatic rings. The third kappa shape index (κ3) is 1.24. The van der Waals surface area contributed by atoms with Gasteiger partial charge in [0.25, 0.3) is 0 Å². The summed E-state index contributed by atoms with van der Waals surface area (Å²) in [7, 11) is 1.68. The molecule has 18 heavy (non-hydrogen) atoms. The van der Waals surface area contributed by atoms with E-state index in [9.17, 15) is 14.4 Å². The molecule has 1 N–H and O–H groups in total. The molecule has 1 fully saturated rings. The summed E-state index contributed by atoms with van der Waals surface area (Å²) in [5.41, 5.74) is 0.464. The first-order valence-corrected chi connectivity index (χ1v) is 5.75. The molecule has 0 saturated carbocycles. The van der Waals surface area contributed by atoms with Crippen LogP contribution in [0.5, 0.6) is 0 Å². The normalized spacial score (nSPS) is 26.5. The molecule has 1 aromatic rings. The number of amides is 3. The number of carbonyl (C=O) groups excluding carboxylic acids is 3. The van der Waals surface area contributed by atoms with E-state index in [1.165, 1.54) is 4.90 Å². The van der Waals surface area contributed by atoms with Crippen LogP contribution in [0, 0.1) is 0 Å². The molecule has 5 nitrogen and oxygen atoms in total. The first-order chi connectivity index (χ1) is 8.54. The molecule has 92 valence electrons. The van der Waals surface area contributed by atoms with Crippen LogP contribution in [0.15, 0.2) is 24.3 Å². The molecule has 5 heteroatoms. The minimum absolute atomic E-state index is 0.0537. The number of hydrogen-bond acceptors (Lipinski definition) is 3. The van der Waals surface area contributed by atoms with Gasteiger partial charge < -0.3 is 4.90 Å². The summed E-state index contributed by atoms with van der Waals surface area (Å²) in [5.74, 6) is -0.813. The maximum absolute atomic E-state index is 12.1. The van der Waals surface area contributed by atoms with E-state index < -0.39 is 5.41 Å². The quantitative estimate of drug-likeness (QED) is 0.669. The van der Waals surface area contributed by atoms with Crippen LogP contribution in [-0.4, -0.2) is 24.8 Å². The number of nitrogens with one attached hydrogen (secondary N) is 1. The van der Waals surface area contributed by atoms with E-state index in [2.05, 4.69) is 5.32 Å². The van der Waals surface area contributed by atoms with Gasteiger partial charge in [0.05, 0.1) is 5.41 Å². The Morgan fingerprint density at radius 1 is 1.17 bits per heavy atom.